The quantitative estimate of drug-likeness (QED) is 0.320. The lowest BCUT2D eigenvalue weighted by Crippen LogP contribution is -2.32. The van der Waals surface area contributed by atoms with Gasteiger partial charge in [-0.15, -0.1) is 0 Å². The van der Waals surface area contributed by atoms with E-state index in [1.54, 1.807) is 12.1 Å². The maximum Gasteiger partial charge on any atom is 0.356 e. The SMILES string of the molecule is O=C(NNc1ncnc(NNC(=O)c2ccccc2Cl)c1[N+](=O)[O-])c1ccc(F)cc1. The van der Waals surface area contributed by atoms with Crippen molar-refractivity contribution in [1.29, 1.82) is 0 Å². The van der Waals surface area contributed by atoms with Crippen LogP contribution < -0.4 is 21.7 Å². The van der Waals surface area contributed by atoms with Crippen LogP contribution in [0.4, 0.5) is 21.7 Å². The molecule has 0 bridgehead atoms. The van der Waals surface area contributed by atoms with Gasteiger partial charge in [0.2, 0.25) is 11.6 Å². The lowest BCUT2D eigenvalue weighted by atomic mass is 10.2. The third-order valence-electron chi connectivity index (χ3n) is 3.82. The zero-order valence-corrected chi connectivity index (χ0v) is 16.2. The summed E-state index contributed by atoms with van der Waals surface area (Å²) in [6.07, 6.45) is 0.976. The van der Waals surface area contributed by atoms with Gasteiger partial charge in [-0.1, -0.05) is 23.7 Å². The van der Waals surface area contributed by atoms with Crippen LogP contribution in [-0.4, -0.2) is 26.7 Å². The molecule has 4 N–H and O–H groups in total. The van der Waals surface area contributed by atoms with E-state index in [4.69, 9.17) is 11.6 Å². The molecule has 3 rings (SSSR count). The van der Waals surface area contributed by atoms with Crippen LogP contribution in [0.25, 0.3) is 0 Å². The van der Waals surface area contributed by atoms with Gasteiger partial charge >= 0.3 is 5.69 Å². The molecule has 1 heterocycles. The van der Waals surface area contributed by atoms with Crippen molar-refractivity contribution in [2.45, 2.75) is 0 Å². The summed E-state index contributed by atoms with van der Waals surface area (Å²) in [5.74, 6) is -2.57. The molecule has 0 aliphatic carbocycles. The van der Waals surface area contributed by atoms with Gasteiger partial charge in [0, 0.05) is 5.56 Å². The Bertz CT molecular complexity index is 1140. The van der Waals surface area contributed by atoms with E-state index >= 15 is 0 Å². The molecule has 0 radical (unpaired) electrons. The lowest BCUT2D eigenvalue weighted by molar-refractivity contribution is -0.383. The van der Waals surface area contributed by atoms with Gasteiger partial charge in [0.1, 0.15) is 12.1 Å². The minimum Gasteiger partial charge on any atom is -0.276 e. The average Bonchev–Trinajstić information content (AvgIpc) is 2.76. The minimum absolute atomic E-state index is 0.107. The second-order valence-corrected chi connectivity index (χ2v) is 6.23. The van der Waals surface area contributed by atoms with Gasteiger partial charge in [0.05, 0.1) is 15.5 Å². The molecule has 11 nitrogen and oxygen atoms in total. The Labute approximate surface area is 178 Å². The zero-order chi connectivity index (χ0) is 22.4. The molecule has 158 valence electrons. The van der Waals surface area contributed by atoms with Gasteiger partial charge in [-0.3, -0.25) is 41.4 Å². The van der Waals surface area contributed by atoms with Crippen molar-refractivity contribution in [2.75, 3.05) is 10.9 Å². The summed E-state index contributed by atoms with van der Waals surface area (Å²) in [4.78, 5) is 42.5. The van der Waals surface area contributed by atoms with Crippen molar-refractivity contribution < 1.29 is 18.9 Å². The summed E-state index contributed by atoms with van der Waals surface area (Å²) in [6.45, 7) is 0. The average molecular weight is 446 g/mol. The number of anilines is 2. The summed E-state index contributed by atoms with van der Waals surface area (Å²) in [5.41, 5.74) is 8.72. The van der Waals surface area contributed by atoms with E-state index in [-0.39, 0.29) is 27.8 Å². The first-order valence-corrected chi connectivity index (χ1v) is 8.87. The number of nitrogens with zero attached hydrogens (tertiary/aromatic N) is 3. The van der Waals surface area contributed by atoms with E-state index in [0.717, 1.165) is 18.5 Å². The molecule has 0 aliphatic rings. The number of nitrogens with one attached hydrogen (secondary N) is 4. The Hall–Kier alpha value is -4.32. The van der Waals surface area contributed by atoms with Crippen LogP contribution >= 0.6 is 11.6 Å². The van der Waals surface area contributed by atoms with Crippen LogP contribution in [-0.2, 0) is 0 Å². The van der Waals surface area contributed by atoms with Gasteiger partial charge in [-0.25, -0.2) is 14.4 Å². The molecular weight excluding hydrogens is 433 g/mol. The molecule has 0 aliphatic heterocycles. The summed E-state index contributed by atoms with van der Waals surface area (Å²) in [6, 6.07) is 10.9. The highest BCUT2D eigenvalue weighted by Gasteiger charge is 2.24. The van der Waals surface area contributed by atoms with Gasteiger partial charge in [-0.05, 0) is 36.4 Å². The van der Waals surface area contributed by atoms with Crippen molar-refractivity contribution in [1.82, 2.24) is 20.8 Å². The van der Waals surface area contributed by atoms with Crippen molar-refractivity contribution in [3.63, 3.8) is 0 Å². The monoisotopic (exact) mass is 445 g/mol. The molecule has 0 fully saturated rings. The Balaban J connectivity index is 1.74. The normalized spacial score (nSPS) is 10.1. The number of nitro groups is 1. The lowest BCUT2D eigenvalue weighted by Gasteiger charge is -2.12. The second kappa shape index (κ2) is 9.45. The first-order valence-electron chi connectivity index (χ1n) is 8.49. The molecule has 13 heteroatoms. The maximum atomic E-state index is 13.0. The first-order chi connectivity index (χ1) is 14.9. The Morgan fingerprint density at radius 2 is 1.52 bits per heavy atom. The van der Waals surface area contributed by atoms with Gasteiger partial charge < -0.3 is 0 Å². The van der Waals surface area contributed by atoms with E-state index in [0.29, 0.717) is 0 Å². The van der Waals surface area contributed by atoms with E-state index in [1.165, 1.54) is 24.3 Å². The number of hydrogen-bond acceptors (Lipinski definition) is 8. The second-order valence-electron chi connectivity index (χ2n) is 5.82. The number of rotatable bonds is 7. The van der Waals surface area contributed by atoms with Crippen molar-refractivity contribution in [2.24, 2.45) is 0 Å². The highest BCUT2D eigenvalue weighted by atomic mass is 35.5. The molecular formula is C18H13ClFN7O4. The van der Waals surface area contributed by atoms with Gasteiger partial charge in [-0.2, -0.15) is 0 Å². The number of halogens is 2. The summed E-state index contributed by atoms with van der Waals surface area (Å²) in [5, 5.41) is 11.7. The Morgan fingerprint density at radius 3 is 2.10 bits per heavy atom. The largest absolute Gasteiger partial charge is 0.356 e. The topological polar surface area (TPSA) is 151 Å². The fourth-order valence-electron chi connectivity index (χ4n) is 2.35. The van der Waals surface area contributed by atoms with E-state index < -0.39 is 28.2 Å². The Morgan fingerprint density at radius 1 is 0.935 bits per heavy atom. The smallest absolute Gasteiger partial charge is 0.276 e. The number of hydrazine groups is 2. The Kier molecular flexibility index (Phi) is 6.52. The third-order valence-corrected chi connectivity index (χ3v) is 4.15. The standard InChI is InChI=1S/C18H13ClFN7O4/c19-13-4-2-1-3-12(13)18(29)26-24-16-14(27(30)31)15(21-9-22-16)23-25-17(28)10-5-7-11(20)8-6-10/h1-9H,(H,25,28)(H,26,29)(H2,21,22,23,24). The number of carbonyl (C=O) groups is 2. The molecule has 0 unspecified atom stereocenters. The van der Waals surface area contributed by atoms with Crippen LogP contribution in [0.15, 0.2) is 54.9 Å². The van der Waals surface area contributed by atoms with Crippen molar-refractivity contribution >= 4 is 40.7 Å². The van der Waals surface area contributed by atoms with Crippen molar-refractivity contribution in [3.8, 4) is 0 Å². The summed E-state index contributed by atoms with van der Waals surface area (Å²) >= 11 is 5.94. The van der Waals surface area contributed by atoms with Crippen LogP contribution in [0.5, 0.6) is 0 Å². The molecule has 0 saturated carbocycles. The first kappa shape index (κ1) is 21.4. The number of amides is 2. The number of hydrogen-bond donors (Lipinski definition) is 4. The molecule has 2 amide bonds. The molecule has 0 atom stereocenters. The molecule has 31 heavy (non-hydrogen) atoms. The number of benzene rings is 2. The molecule has 0 spiro atoms. The molecule has 1 aromatic heterocycles. The maximum absolute atomic E-state index is 13.0. The molecule has 0 saturated heterocycles. The summed E-state index contributed by atoms with van der Waals surface area (Å²) < 4.78 is 13.0. The molecule has 2 aromatic carbocycles. The van der Waals surface area contributed by atoms with Crippen LogP contribution in [0, 0.1) is 15.9 Å². The van der Waals surface area contributed by atoms with E-state index in [1.807, 2.05) is 0 Å². The van der Waals surface area contributed by atoms with Crippen LogP contribution in [0.2, 0.25) is 5.02 Å². The van der Waals surface area contributed by atoms with Gasteiger partial charge in [0.15, 0.2) is 0 Å². The van der Waals surface area contributed by atoms with E-state index in [9.17, 15) is 24.1 Å². The predicted octanol–water partition coefficient (Wildman–Crippen LogP) is 2.69. The minimum atomic E-state index is -0.809. The summed E-state index contributed by atoms with van der Waals surface area (Å²) in [7, 11) is 0. The predicted molar refractivity (Wildman–Crippen MR) is 109 cm³/mol. The number of aromatic nitrogens is 2. The molecule has 3 aromatic rings. The van der Waals surface area contributed by atoms with Crippen LogP contribution in [0.1, 0.15) is 20.7 Å². The van der Waals surface area contributed by atoms with Crippen LogP contribution in [0.3, 0.4) is 0 Å². The fourth-order valence-corrected chi connectivity index (χ4v) is 2.57. The zero-order valence-electron chi connectivity index (χ0n) is 15.4. The fraction of sp³-hybridized carbons (Fsp3) is 0. The number of carbonyl (C=O) groups excluding carboxylic acids is 2. The van der Waals surface area contributed by atoms with E-state index in [2.05, 4.69) is 31.7 Å². The highest BCUT2D eigenvalue weighted by Crippen LogP contribution is 2.28. The highest BCUT2D eigenvalue weighted by molar-refractivity contribution is 6.33. The third kappa shape index (κ3) is 5.19. The van der Waals surface area contributed by atoms with Crippen molar-refractivity contribution in [3.05, 3.63) is 86.9 Å². The van der Waals surface area contributed by atoms with Gasteiger partial charge in [0.25, 0.3) is 11.8 Å².